The van der Waals surface area contributed by atoms with Gasteiger partial charge in [0.1, 0.15) is 4.90 Å². The van der Waals surface area contributed by atoms with Crippen molar-refractivity contribution in [3.8, 4) is 0 Å². The van der Waals surface area contributed by atoms with Crippen molar-refractivity contribution in [3.05, 3.63) is 29.3 Å². The summed E-state index contributed by atoms with van der Waals surface area (Å²) >= 11 is 5.91. The summed E-state index contributed by atoms with van der Waals surface area (Å²) in [5.74, 6) is 0. The average molecular weight is 262 g/mol. The summed E-state index contributed by atoms with van der Waals surface area (Å²) in [6.07, 6.45) is 0. The standard InChI is InChI=1S/C10H13ClN2O2S/c11-9-3-1-2-4-10(9)16(14,15)13-7-5-12-6-8-13/h1-4,12H,5-8H2/p+1. The number of benzene rings is 1. The maximum absolute atomic E-state index is 12.2. The van der Waals surface area contributed by atoms with Gasteiger partial charge in [-0.15, -0.1) is 0 Å². The third-order valence-corrected chi connectivity index (χ3v) is 5.02. The Morgan fingerprint density at radius 1 is 1.19 bits per heavy atom. The van der Waals surface area contributed by atoms with Crippen molar-refractivity contribution in [3.63, 3.8) is 0 Å². The smallest absolute Gasteiger partial charge is 0.244 e. The predicted octanol–water partition coefficient (Wildman–Crippen LogP) is -0.0923. The molecule has 0 atom stereocenters. The summed E-state index contributed by atoms with van der Waals surface area (Å²) in [6.45, 7) is 2.72. The predicted molar refractivity (Wildman–Crippen MR) is 61.9 cm³/mol. The van der Waals surface area contributed by atoms with E-state index in [1.807, 2.05) is 0 Å². The SMILES string of the molecule is O=S(=O)(c1ccccc1Cl)N1CC[NH2+]CC1. The van der Waals surface area contributed by atoms with Crippen LogP contribution in [0.2, 0.25) is 5.02 Å². The van der Waals surface area contributed by atoms with Crippen LogP contribution in [-0.4, -0.2) is 38.9 Å². The van der Waals surface area contributed by atoms with Crippen molar-refractivity contribution in [1.82, 2.24) is 4.31 Å². The highest BCUT2D eigenvalue weighted by atomic mass is 35.5. The van der Waals surface area contributed by atoms with Crippen LogP contribution in [0, 0.1) is 0 Å². The monoisotopic (exact) mass is 261 g/mol. The zero-order chi connectivity index (χ0) is 11.6. The van der Waals surface area contributed by atoms with Crippen molar-refractivity contribution in [2.24, 2.45) is 0 Å². The number of rotatable bonds is 2. The highest BCUT2D eigenvalue weighted by Gasteiger charge is 2.28. The number of hydrogen-bond acceptors (Lipinski definition) is 2. The maximum atomic E-state index is 12.2. The Morgan fingerprint density at radius 3 is 2.44 bits per heavy atom. The molecule has 0 spiro atoms. The molecule has 88 valence electrons. The second kappa shape index (κ2) is 4.71. The Kier molecular flexibility index (Phi) is 3.49. The quantitative estimate of drug-likeness (QED) is 0.809. The third-order valence-electron chi connectivity index (χ3n) is 2.62. The number of halogens is 1. The minimum Gasteiger partial charge on any atom is -0.344 e. The van der Waals surface area contributed by atoms with Crippen LogP contribution < -0.4 is 5.32 Å². The lowest BCUT2D eigenvalue weighted by atomic mass is 10.4. The minimum absolute atomic E-state index is 0.207. The highest BCUT2D eigenvalue weighted by Crippen LogP contribution is 2.23. The Bertz CT molecular complexity index is 469. The molecule has 0 aliphatic carbocycles. The molecule has 1 saturated heterocycles. The van der Waals surface area contributed by atoms with Crippen LogP contribution in [0.4, 0.5) is 0 Å². The number of nitrogens with two attached hydrogens (primary N) is 1. The Hall–Kier alpha value is -0.620. The Morgan fingerprint density at radius 2 is 1.81 bits per heavy atom. The fourth-order valence-corrected chi connectivity index (χ4v) is 3.72. The van der Waals surface area contributed by atoms with Crippen molar-refractivity contribution in [2.45, 2.75) is 4.90 Å². The molecule has 1 aromatic carbocycles. The molecule has 0 aromatic heterocycles. The first kappa shape index (κ1) is 11.9. The Labute approximate surface area is 100 Å². The molecule has 2 N–H and O–H groups in total. The zero-order valence-electron chi connectivity index (χ0n) is 8.77. The molecule has 0 radical (unpaired) electrons. The van der Waals surface area contributed by atoms with E-state index < -0.39 is 10.0 Å². The lowest BCUT2D eigenvalue weighted by molar-refractivity contribution is -0.661. The van der Waals surface area contributed by atoms with E-state index in [1.165, 1.54) is 4.31 Å². The number of nitrogens with zero attached hydrogens (tertiary/aromatic N) is 1. The first-order valence-electron chi connectivity index (χ1n) is 5.19. The molecule has 1 aliphatic rings. The van der Waals surface area contributed by atoms with Crippen LogP contribution in [0.25, 0.3) is 0 Å². The molecular formula is C10H14ClN2O2S+. The van der Waals surface area contributed by atoms with Gasteiger partial charge in [-0.2, -0.15) is 4.31 Å². The van der Waals surface area contributed by atoms with Gasteiger partial charge in [0.05, 0.1) is 31.2 Å². The van der Waals surface area contributed by atoms with Gasteiger partial charge in [0.25, 0.3) is 0 Å². The molecule has 1 fully saturated rings. The minimum atomic E-state index is -3.41. The first-order valence-corrected chi connectivity index (χ1v) is 7.00. The lowest BCUT2D eigenvalue weighted by Crippen LogP contribution is -2.89. The van der Waals surface area contributed by atoms with Crippen LogP contribution in [0.1, 0.15) is 0 Å². The van der Waals surface area contributed by atoms with Gasteiger partial charge in [-0.3, -0.25) is 0 Å². The van der Waals surface area contributed by atoms with Gasteiger partial charge in [0, 0.05) is 0 Å². The molecule has 4 nitrogen and oxygen atoms in total. The van der Waals surface area contributed by atoms with E-state index >= 15 is 0 Å². The van der Waals surface area contributed by atoms with Crippen LogP contribution in [0.5, 0.6) is 0 Å². The van der Waals surface area contributed by atoms with E-state index in [0.29, 0.717) is 13.1 Å². The fourth-order valence-electron chi connectivity index (χ4n) is 1.76. The van der Waals surface area contributed by atoms with E-state index in [0.717, 1.165) is 13.1 Å². The van der Waals surface area contributed by atoms with Crippen molar-refractivity contribution < 1.29 is 13.7 Å². The molecule has 16 heavy (non-hydrogen) atoms. The van der Waals surface area contributed by atoms with E-state index in [4.69, 9.17) is 11.6 Å². The fraction of sp³-hybridized carbons (Fsp3) is 0.400. The topological polar surface area (TPSA) is 54.0 Å². The summed E-state index contributed by atoms with van der Waals surface area (Å²) < 4.78 is 26.0. The van der Waals surface area contributed by atoms with Crippen LogP contribution in [0.3, 0.4) is 0 Å². The van der Waals surface area contributed by atoms with E-state index in [2.05, 4.69) is 5.32 Å². The molecule has 1 heterocycles. The van der Waals surface area contributed by atoms with Crippen LogP contribution in [0.15, 0.2) is 29.2 Å². The molecule has 0 bridgehead atoms. The van der Waals surface area contributed by atoms with E-state index in [9.17, 15) is 8.42 Å². The zero-order valence-corrected chi connectivity index (χ0v) is 10.3. The van der Waals surface area contributed by atoms with Crippen LogP contribution in [-0.2, 0) is 10.0 Å². The first-order chi connectivity index (χ1) is 7.62. The molecular weight excluding hydrogens is 248 g/mol. The molecule has 0 unspecified atom stereocenters. The summed E-state index contributed by atoms with van der Waals surface area (Å²) in [7, 11) is -3.41. The molecule has 1 aromatic rings. The maximum Gasteiger partial charge on any atom is 0.244 e. The second-order valence-corrected chi connectivity index (χ2v) is 6.01. The number of piperazine rings is 1. The van der Waals surface area contributed by atoms with Gasteiger partial charge in [-0.05, 0) is 12.1 Å². The number of quaternary nitrogens is 1. The van der Waals surface area contributed by atoms with E-state index in [-0.39, 0.29) is 9.92 Å². The summed E-state index contributed by atoms with van der Waals surface area (Å²) in [6, 6.07) is 6.57. The number of sulfonamides is 1. The normalized spacial score (nSPS) is 18.6. The van der Waals surface area contributed by atoms with Gasteiger partial charge in [-0.1, -0.05) is 23.7 Å². The Balaban J connectivity index is 2.35. The summed E-state index contributed by atoms with van der Waals surface area (Å²) in [5.41, 5.74) is 0. The number of hydrogen-bond donors (Lipinski definition) is 1. The van der Waals surface area contributed by atoms with Crippen molar-refractivity contribution in [1.29, 1.82) is 0 Å². The summed E-state index contributed by atoms with van der Waals surface area (Å²) in [5, 5.41) is 2.40. The average Bonchev–Trinajstić information content (AvgIpc) is 2.30. The van der Waals surface area contributed by atoms with Crippen molar-refractivity contribution >= 4 is 21.6 Å². The van der Waals surface area contributed by atoms with E-state index in [1.54, 1.807) is 24.3 Å². The largest absolute Gasteiger partial charge is 0.344 e. The molecule has 2 rings (SSSR count). The molecule has 0 saturated carbocycles. The lowest BCUT2D eigenvalue weighted by Gasteiger charge is -2.24. The highest BCUT2D eigenvalue weighted by molar-refractivity contribution is 7.89. The van der Waals surface area contributed by atoms with Gasteiger partial charge >= 0.3 is 0 Å². The second-order valence-electron chi connectivity index (χ2n) is 3.70. The third kappa shape index (κ3) is 2.22. The van der Waals surface area contributed by atoms with Crippen molar-refractivity contribution in [2.75, 3.05) is 26.2 Å². The van der Waals surface area contributed by atoms with Gasteiger partial charge in [-0.25, -0.2) is 8.42 Å². The van der Waals surface area contributed by atoms with Gasteiger partial charge < -0.3 is 5.32 Å². The molecule has 0 amide bonds. The molecule has 6 heteroatoms. The molecule has 1 aliphatic heterocycles. The van der Waals surface area contributed by atoms with Gasteiger partial charge in [0.15, 0.2) is 0 Å². The van der Waals surface area contributed by atoms with Gasteiger partial charge in [0.2, 0.25) is 10.0 Å². The van der Waals surface area contributed by atoms with Crippen LogP contribution >= 0.6 is 11.6 Å². The summed E-state index contributed by atoms with van der Waals surface area (Å²) in [4.78, 5) is 0.207.